The predicted octanol–water partition coefficient (Wildman–Crippen LogP) is 3.51. The lowest BCUT2D eigenvalue weighted by atomic mass is 9.85. The number of benzene rings is 1. The number of halogens is 2. The van der Waals surface area contributed by atoms with Crippen LogP contribution < -0.4 is 21.2 Å². The van der Waals surface area contributed by atoms with Crippen LogP contribution in [-0.2, 0) is 21.4 Å². The number of carbonyl (C=O) groups excluding carboxylic acids is 3. The fraction of sp³-hybridized carbons (Fsp3) is 0.523. The number of alkyl halides is 2. The van der Waals surface area contributed by atoms with Gasteiger partial charge in [0.25, 0.3) is 12.3 Å². The molecule has 0 spiro atoms. The fourth-order valence-corrected chi connectivity index (χ4v) is 10.3. The summed E-state index contributed by atoms with van der Waals surface area (Å²) >= 11 is 0. The van der Waals surface area contributed by atoms with Crippen molar-refractivity contribution in [3.63, 3.8) is 0 Å². The molecule has 1 saturated carbocycles. The van der Waals surface area contributed by atoms with E-state index in [9.17, 15) is 28.0 Å². The molecule has 2 bridgehead atoms. The van der Waals surface area contributed by atoms with Gasteiger partial charge in [-0.15, -0.1) is 0 Å². The number of aromatic nitrogens is 7. The SMILES string of the molecule is C[C@H]1CN(C[C@H]2CC[C@H](n3cc(NC(=O)c4cnn5ccc(N6C[C@H]7C[C@@H]6CO7)nc45)c(C(F)F)n3)CC2)CCN1CC#Cc1cccc2c1n(C)c(=O)n2C1CCC(=O)NC1=O. The largest absolute Gasteiger partial charge is 0.374 e. The molecule has 19 heteroatoms. The number of hydrogen-bond donors (Lipinski definition) is 2. The minimum atomic E-state index is -2.87. The molecule has 1 unspecified atom stereocenters. The first kappa shape index (κ1) is 41.1. The molecule has 1 aromatic carbocycles. The number of imidazole rings is 1. The molecule has 5 aliphatic rings. The van der Waals surface area contributed by atoms with Crippen LogP contribution in [0.5, 0.6) is 0 Å². The summed E-state index contributed by atoms with van der Waals surface area (Å²) in [5, 5.41) is 13.6. The van der Waals surface area contributed by atoms with Crippen molar-refractivity contribution in [2.24, 2.45) is 13.0 Å². The number of amides is 3. The van der Waals surface area contributed by atoms with Crippen LogP contribution in [0.15, 0.2) is 47.7 Å². The topological polar surface area (TPSA) is 169 Å². The molecule has 4 saturated heterocycles. The average Bonchev–Trinajstić information content (AvgIpc) is 4.12. The highest BCUT2D eigenvalue weighted by Gasteiger charge is 2.40. The van der Waals surface area contributed by atoms with Gasteiger partial charge in [-0.25, -0.2) is 23.1 Å². The maximum Gasteiger partial charge on any atom is 0.329 e. The van der Waals surface area contributed by atoms with Gasteiger partial charge in [0, 0.05) is 64.6 Å². The summed E-state index contributed by atoms with van der Waals surface area (Å²) in [6.45, 7) is 7.78. The number of piperidine rings is 1. The van der Waals surface area contributed by atoms with Gasteiger partial charge in [0.05, 0.1) is 59.8 Å². The monoisotopic (exact) mass is 864 g/mol. The smallest absolute Gasteiger partial charge is 0.329 e. The van der Waals surface area contributed by atoms with Crippen molar-refractivity contribution >= 4 is 45.9 Å². The van der Waals surface area contributed by atoms with E-state index < -0.39 is 30.0 Å². The highest BCUT2D eigenvalue weighted by Crippen LogP contribution is 2.36. The normalized spacial score (nSPS) is 25.6. The first-order valence-electron chi connectivity index (χ1n) is 21.9. The van der Waals surface area contributed by atoms with Crippen molar-refractivity contribution in [2.75, 3.05) is 56.1 Å². The van der Waals surface area contributed by atoms with Crippen LogP contribution in [0.3, 0.4) is 0 Å². The number of anilines is 2. The highest BCUT2D eigenvalue weighted by molar-refractivity contribution is 6.08. The third kappa shape index (κ3) is 7.78. The molecule has 4 atom stereocenters. The lowest BCUT2D eigenvalue weighted by molar-refractivity contribution is -0.135. The van der Waals surface area contributed by atoms with Gasteiger partial charge in [-0.2, -0.15) is 10.2 Å². The van der Waals surface area contributed by atoms with E-state index >= 15 is 0 Å². The number of piperazine rings is 1. The van der Waals surface area contributed by atoms with Crippen molar-refractivity contribution in [3.05, 3.63) is 70.2 Å². The number of carbonyl (C=O) groups is 3. The molecule has 10 rings (SSSR count). The number of aryl methyl sites for hydroxylation is 1. The Kier molecular flexibility index (Phi) is 10.8. The zero-order valence-electron chi connectivity index (χ0n) is 35.3. The van der Waals surface area contributed by atoms with E-state index in [-0.39, 0.29) is 59.9 Å². The van der Waals surface area contributed by atoms with Crippen LogP contribution in [-0.4, -0.2) is 125 Å². The number of nitrogens with zero attached hydrogens (tertiary/aromatic N) is 10. The van der Waals surface area contributed by atoms with E-state index in [1.165, 1.54) is 19.8 Å². The Balaban J connectivity index is 0.730. The van der Waals surface area contributed by atoms with E-state index in [2.05, 4.69) is 54.3 Å². The molecule has 3 amide bonds. The van der Waals surface area contributed by atoms with Gasteiger partial charge in [0.2, 0.25) is 11.8 Å². The highest BCUT2D eigenvalue weighted by atomic mass is 19.3. The molecule has 330 valence electrons. The Morgan fingerprint density at radius 1 is 1.06 bits per heavy atom. The standard InChI is InChI=1S/C44H50F2N12O5/c1-26-21-53(17-18-54(26)15-4-6-28-5-3-7-34-39(28)52(2)44(62)58(34)35-12-13-37(59)50-43(35)61)22-27-8-10-29(11-9-27)57-24-33(38(51-57)40(45)46)48-42(60)32-20-47-56-16-14-36(49-41(32)56)55-23-31-19-30(55)25-63-31/h3,5,7,14,16,20,24,26-27,29-31,35,40H,8-13,15,17-19,21-23,25H2,1-2H3,(H,48,60)(H,50,59,61)/t26-,27-,29-,30+,31+,35?/m0/s1. The summed E-state index contributed by atoms with van der Waals surface area (Å²) in [6.07, 6.45) is 6.89. The van der Waals surface area contributed by atoms with Gasteiger partial charge >= 0.3 is 5.69 Å². The number of nitrogens with one attached hydrogen (secondary N) is 2. The van der Waals surface area contributed by atoms with E-state index in [0.717, 1.165) is 70.6 Å². The van der Waals surface area contributed by atoms with Crippen molar-refractivity contribution in [1.82, 2.24) is 48.6 Å². The van der Waals surface area contributed by atoms with Crippen molar-refractivity contribution in [3.8, 4) is 11.8 Å². The minimum Gasteiger partial charge on any atom is -0.374 e. The molecule has 17 nitrogen and oxygen atoms in total. The average molecular weight is 865 g/mol. The third-order valence-electron chi connectivity index (χ3n) is 13.7. The minimum absolute atomic E-state index is 0.00952. The summed E-state index contributed by atoms with van der Waals surface area (Å²) in [6, 6.07) is 7.10. The van der Waals surface area contributed by atoms with Gasteiger partial charge in [-0.05, 0) is 69.6 Å². The maximum absolute atomic E-state index is 14.3. The third-order valence-corrected chi connectivity index (χ3v) is 13.7. The summed E-state index contributed by atoms with van der Waals surface area (Å²) in [5.41, 5.74) is 1.74. The zero-order chi connectivity index (χ0) is 43.5. The Hall–Kier alpha value is -5.97. The van der Waals surface area contributed by atoms with E-state index in [4.69, 9.17) is 9.72 Å². The number of para-hydroxylation sites is 1. The molecule has 4 aromatic heterocycles. The van der Waals surface area contributed by atoms with Crippen LogP contribution in [0.4, 0.5) is 20.3 Å². The van der Waals surface area contributed by atoms with Crippen molar-refractivity contribution in [2.45, 2.75) is 88.6 Å². The molecule has 0 radical (unpaired) electrons. The molecule has 4 aliphatic heterocycles. The van der Waals surface area contributed by atoms with Crippen molar-refractivity contribution < 1.29 is 27.9 Å². The predicted molar refractivity (Wildman–Crippen MR) is 228 cm³/mol. The number of fused-ring (bicyclic) bond motifs is 4. The number of morpholine rings is 1. The summed E-state index contributed by atoms with van der Waals surface area (Å²) in [5.74, 6) is 6.45. The zero-order valence-corrected chi connectivity index (χ0v) is 35.3. The van der Waals surface area contributed by atoms with Crippen molar-refractivity contribution in [1.29, 1.82) is 0 Å². The Bertz CT molecular complexity index is 2720. The van der Waals surface area contributed by atoms with Gasteiger partial charge < -0.3 is 19.9 Å². The molecular weight excluding hydrogens is 815 g/mol. The molecule has 8 heterocycles. The van der Waals surface area contributed by atoms with Crippen LogP contribution in [0.2, 0.25) is 0 Å². The lowest BCUT2D eigenvalue weighted by Gasteiger charge is -2.41. The molecule has 5 aromatic rings. The summed E-state index contributed by atoms with van der Waals surface area (Å²) in [4.78, 5) is 63.1. The van der Waals surface area contributed by atoms with Gasteiger partial charge in [0.15, 0.2) is 11.3 Å². The molecular formula is C44H50F2N12O5. The first-order valence-corrected chi connectivity index (χ1v) is 21.9. The second-order valence-corrected chi connectivity index (χ2v) is 17.7. The number of ether oxygens (including phenoxy) is 1. The second kappa shape index (κ2) is 16.6. The molecule has 63 heavy (non-hydrogen) atoms. The van der Waals surface area contributed by atoms with Gasteiger partial charge in [0.1, 0.15) is 17.4 Å². The van der Waals surface area contributed by atoms with Crippen LogP contribution in [0, 0.1) is 17.8 Å². The van der Waals surface area contributed by atoms with Crippen LogP contribution in [0.1, 0.15) is 92.0 Å². The molecule has 1 aliphatic carbocycles. The maximum atomic E-state index is 14.3. The number of rotatable bonds is 9. The summed E-state index contributed by atoms with van der Waals surface area (Å²) in [7, 11) is 1.68. The first-order chi connectivity index (χ1) is 30.5. The summed E-state index contributed by atoms with van der Waals surface area (Å²) < 4.78 is 40.5. The van der Waals surface area contributed by atoms with Crippen LogP contribution in [0.25, 0.3) is 16.7 Å². The fourth-order valence-electron chi connectivity index (χ4n) is 10.3. The lowest BCUT2D eigenvalue weighted by Crippen LogP contribution is -2.52. The van der Waals surface area contributed by atoms with E-state index in [1.807, 2.05) is 24.3 Å². The van der Waals surface area contributed by atoms with E-state index in [1.54, 1.807) is 24.1 Å². The molecule has 2 N–H and O–H groups in total. The quantitative estimate of drug-likeness (QED) is 0.164. The Morgan fingerprint density at radius 2 is 1.90 bits per heavy atom. The van der Waals surface area contributed by atoms with Gasteiger partial charge in [-0.3, -0.25) is 38.4 Å². The second-order valence-electron chi connectivity index (χ2n) is 17.7. The Morgan fingerprint density at radius 3 is 2.65 bits per heavy atom. The van der Waals surface area contributed by atoms with E-state index in [0.29, 0.717) is 41.3 Å². The Labute approximate surface area is 361 Å². The number of imide groups is 1. The van der Waals surface area contributed by atoms with Gasteiger partial charge in [-0.1, -0.05) is 17.9 Å². The number of hydrogen-bond acceptors (Lipinski definition) is 11. The van der Waals surface area contributed by atoms with Crippen LogP contribution >= 0.6 is 0 Å². The molecule has 5 fully saturated rings.